The number of unbranched alkanes of at least 4 members (excludes halogenated alkanes) is 4. The van der Waals surface area contributed by atoms with Crippen LogP contribution in [0.2, 0.25) is 0 Å². The van der Waals surface area contributed by atoms with Crippen molar-refractivity contribution in [2.75, 3.05) is 13.2 Å². The topological polar surface area (TPSA) is 127 Å². The van der Waals surface area contributed by atoms with Gasteiger partial charge in [0.2, 0.25) is 0 Å². The molecule has 0 amide bonds. The molecule has 0 aromatic heterocycles. The summed E-state index contributed by atoms with van der Waals surface area (Å²) < 4.78 is 41.8. The Morgan fingerprint density at radius 3 is 1.27 bits per heavy atom. The summed E-state index contributed by atoms with van der Waals surface area (Å²) in [5.74, 6) is 0.864. The fourth-order valence-corrected chi connectivity index (χ4v) is 2.38. The fraction of sp³-hybridized carbons (Fsp3) is 0.900. The summed E-state index contributed by atoms with van der Waals surface area (Å²) in [7, 11) is -4.67. The van der Waals surface area contributed by atoms with Gasteiger partial charge in [0.15, 0.2) is 0 Å². The zero-order valence-corrected chi connectivity index (χ0v) is 19.2. The van der Waals surface area contributed by atoms with Gasteiger partial charge in [-0.25, -0.2) is 0 Å². The van der Waals surface area contributed by atoms with Crippen LogP contribution in [0.15, 0.2) is 0 Å². The Balaban J connectivity index is -0.00000108. The molecule has 0 aromatic carbocycles. The number of rotatable bonds is 15. The van der Waals surface area contributed by atoms with Gasteiger partial charge < -0.3 is 9.47 Å². The minimum absolute atomic E-state index is 0. The van der Waals surface area contributed by atoms with Crippen LogP contribution in [0.3, 0.4) is 0 Å². The van der Waals surface area contributed by atoms with E-state index in [0.29, 0.717) is 13.2 Å². The maximum absolute atomic E-state index is 11.5. The van der Waals surface area contributed by atoms with Gasteiger partial charge in [0.05, 0.1) is 26.1 Å². The Bertz CT molecular complexity index is 481. The van der Waals surface area contributed by atoms with Crippen molar-refractivity contribution in [2.24, 2.45) is 11.8 Å². The molecule has 30 heavy (non-hydrogen) atoms. The van der Waals surface area contributed by atoms with Crippen LogP contribution in [0.4, 0.5) is 0 Å². The first kappa shape index (κ1) is 34.4. The average molecular weight is 465 g/mol. The standard InChI is InChI=1S/C20H38O4.Na.H2O4S.H/c1-17(2)11-7-5-9-15-23-19(21)13-14-20(22)24-16-10-6-8-12-18(3)4;;1-5(2,3)4;/h17-18H,5-16H2,1-4H3;;(H2,1,2,3,4);. The van der Waals surface area contributed by atoms with Crippen LogP contribution in [0, 0.1) is 11.8 Å². The van der Waals surface area contributed by atoms with Crippen LogP contribution < -0.4 is 0 Å². The maximum atomic E-state index is 11.5. The van der Waals surface area contributed by atoms with E-state index in [4.69, 9.17) is 27.0 Å². The van der Waals surface area contributed by atoms with Gasteiger partial charge in [-0.05, 0) is 24.7 Å². The second kappa shape index (κ2) is 22.0. The van der Waals surface area contributed by atoms with E-state index in [-0.39, 0.29) is 54.3 Å². The first-order chi connectivity index (χ1) is 13.4. The molecule has 0 saturated heterocycles. The molecular weight excluding hydrogens is 423 g/mol. The van der Waals surface area contributed by atoms with Gasteiger partial charge in [0, 0.05) is 0 Å². The minimum atomic E-state index is -4.67. The van der Waals surface area contributed by atoms with Gasteiger partial charge in [0.1, 0.15) is 0 Å². The average Bonchev–Trinajstić information content (AvgIpc) is 2.57. The number of carbonyl (C=O) groups is 2. The van der Waals surface area contributed by atoms with Crippen molar-refractivity contribution in [2.45, 2.75) is 91.9 Å². The number of esters is 2. The van der Waals surface area contributed by atoms with Crippen LogP contribution in [-0.2, 0) is 29.5 Å². The number of ether oxygens (including phenoxy) is 2. The Morgan fingerprint density at radius 2 is 1.00 bits per heavy atom. The van der Waals surface area contributed by atoms with Crippen LogP contribution >= 0.6 is 0 Å². The van der Waals surface area contributed by atoms with Crippen molar-refractivity contribution >= 4 is 51.9 Å². The van der Waals surface area contributed by atoms with Gasteiger partial charge in [0.25, 0.3) is 0 Å². The monoisotopic (exact) mass is 464 g/mol. The van der Waals surface area contributed by atoms with Gasteiger partial charge in [-0.1, -0.05) is 66.2 Å². The van der Waals surface area contributed by atoms with Crippen molar-refractivity contribution in [3.63, 3.8) is 0 Å². The first-order valence-electron chi connectivity index (χ1n) is 10.4. The van der Waals surface area contributed by atoms with E-state index in [9.17, 15) is 9.59 Å². The molecule has 0 fully saturated rings. The summed E-state index contributed by atoms with van der Waals surface area (Å²) in [5.41, 5.74) is 0. The predicted octanol–water partition coefficient (Wildman–Crippen LogP) is 3.98. The number of carbonyl (C=O) groups excluding carboxylic acids is 2. The SMILES string of the molecule is CC(C)CCCCCOC(=O)CCC(=O)OCCCCCC(C)C.O=S(=O)(O)O.[NaH]. The fourth-order valence-electron chi connectivity index (χ4n) is 2.38. The molecule has 0 aliphatic rings. The molecular formula is C20H41NaO8S. The molecule has 0 unspecified atom stereocenters. The quantitative estimate of drug-likeness (QED) is 0.161. The van der Waals surface area contributed by atoms with Crippen LogP contribution in [0.5, 0.6) is 0 Å². The Labute approximate surface area is 204 Å². The number of hydrogen-bond acceptors (Lipinski definition) is 6. The summed E-state index contributed by atoms with van der Waals surface area (Å²) in [5, 5.41) is 0. The van der Waals surface area contributed by atoms with Crippen LogP contribution in [0.1, 0.15) is 91.9 Å². The summed E-state index contributed by atoms with van der Waals surface area (Å²) in [6.45, 7) is 9.77. The van der Waals surface area contributed by atoms with E-state index in [0.717, 1.165) is 37.5 Å². The molecule has 0 spiro atoms. The Kier molecular flexibility index (Phi) is 25.3. The zero-order valence-electron chi connectivity index (χ0n) is 18.4. The zero-order chi connectivity index (χ0) is 22.7. The molecule has 0 aliphatic heterocycles. The third-order valence-electron chi connectivity index (χ3n) is 3.91. The van der Waals surface area contributed by atoms with E-state index in [2.05, 4.69) is 27.7 Å². The van der Waals surface area contributed by atoms with E-state index < -0.39 is 10.4 Å². The van der Waals surface area contributed by atoms with Gasteiger partial charge in [-0.2, -0.15) is 8.42 Å². The van der Waals surface area contributed by atoms with Crippen molar-refractivity contribution in [1.29, 1.82) is 0 Å². The summed E-state index contributed by atoms with van der Waals surface area (Å²) >= 11 is 0. The number of hydrogen-bond donors (Lipinski definition) is 2. The summed E-state index contributed by atoms with van der Waals surface area (Å²) in [6, 6.07) is 0. The van der Waals surface area contributed by atoms with Crippen molar-refractivity contribution in [1.82, 2.24) is 0 Å². The van der Waals surface area contributed by atoms with E-state index in [1.165, 1.54) is 25.7 Å². The molecule has 8 nitrogen and oxygen atoms in total. The molecule has 0 atom stereocenters. The molecule has 0 bridgehead atoms. The van der Waals surface area contributed by atoms with E-state index >= 15 is 0 Å². The van der Waals surface area contributed by atoms with Crippen molar-refractivity contribution in [3.8, 4) is 0 Å². The summed E-state index contributed by atoms with van der Waals surface area (Å²) in [6.07, 6.45) is 9.02. The van der Waals surface area contributed by atoms with E-state index in [1.54, 1.807) is 0 Å². The van der Waals surface area contributed by atoms with Gasteiger partial charge in [-0.3, -0.25) is 18.7 Å². The Hall–Kier alpha value is -0.190. The van der Waals surface area contributed by atoms with Crippen molar-refractivity contribution < 1.29 is 36.6 Å². The molecule has 0 heterocycles. The molecule has 0 aromatic rings. The predicted molar refractivity (Wildman–Crippen MR) is 119 cm³/mol. The van der Waals surface area contributed by atoms with Crippen molar-refractivity contribution in [3.05, 3.63) is 0 Å². The van der Waals surface area contributed by atoms with E-state index in [1.807, 2.05) is 0 Å². The molecule has 2 N–H and O–H groups in total. The third-order valence-corrected chi connectivity index (χ3v) is 3.91. The molecule has 0 aliphatic carbocycles. The van der Waals surface area contributed by atoms with Gasteiger partial charge in [-0.15, -0.1) is 0 Å². The normalized spacial score (nSPS) is 10.8. The molecule has 176 valence electrons. The molecule has 0 saturated carbocycles. The first-order valence-corrected chi connectivity index (χ1v) is 11.8. The molecule has 0 rings (SSSR count). The second-order valence-corrected chi connectivity index (χ2v) is 8.77. The Morgan fingerprint density at radius 1 is 0.700 bits per heavy atom. The molecule has 10 heteroatoms. The third kappa shape index (κ3) is 38.4. The second-order valence-electron chi connectivity index (χ2n) is 7.88. The molecule has 0 radical (unpaired) electrons. The van der Waals surface area contributed by atoms with Crippen LogP contribution in [-0.4, -0.2) is 72.2 Å². The van der Waals surface area contributed by atoms with Crippen LogP contribution in [0.25, 0.3) is 0 Å². The van der Waals surface area contributed by atoms with Gasteiger partial charge >= 0.3 is 51.9 Å². The summed E-state index contributed by atoms with van der Waals surface area (Å²) in [4.78, 5) is 23.1.